The van der Waals surface area contributed by atoms with Gasteiger partial charge in [-0.2, -0.15) is 0 Å². The molecule has 2 aliphatic heterocycles. The summed E-state index contributed by atoms with van der Waals surface area (Å²) < 4.78 is 0. The van der Waals surface area contributed by atoms with E-state index in [0.717, 1.165) is 19.5 Å². The van der Waals surface area contributed by atoms with Crippen LogP contribution in [0.4, 0.5) is 0 Å². The van der Waals surface area contributed by atoms with E-state index in [9.17, 15) is 4.79 Å². The van der Waals surface area contributed by atoms with Crippen molar-refractivity contribution in [1.29, 1.82) is 0 Å². The molecule has 0 radical (unpaired) electrons. The normalized spacial score (nSPS) is 29.9. The quantitative estimate of drug-likeness (QED) is 0.787. The third kappa shape index (κ3) is 3.69. The predicted molar refractivity (Wildman–Crippen MR) is 78.0 cm³/mol. The van der Waals surface area contributed by atoms with Gasteiger partial charge in [0.05, 0.1) is 6.04 Å². The second-order valence-electron chi connectivity index (χ2n) is 6.50. The summed E-state index contributed by atoms with van der Waals surface area (Å²) in [6, 6.07) is 0.509. The molecule has 3 unspecified atom stereocenters. The van der Waals surface area contributed by atoms with Gasteiger partial charge in [-0.05, 0) is 50.7 Å². The number of carbonyl (C=O) groups is 1. The smallest absolute Gasteiger partial charge is 0.237 e. The highest BCUT2D eigenvalue weighted by atomic mass is 16.2. The van der Waals surface area contributed by atoms with Crippen molar-refractivity contribution in [2.24, 2.45) is 11.8 Å². The lowest BCUT2D eigenvalue weighted by molar-refractivity contribution is -0.123. The number of hydrogen-bond donors (Lipinski definition) is 2. The molecule has 2 fully saturated rings. The summed E-state index contributed by atoms with van der Waals surface area (Å²) in [6.07, 6.45) is 3.72. The Morgan fingerprint density at radius 3 is 2.58 bits per heavy atom. The standard InChI is InChI=1S/C15H29N3O/c1-11(2)13(18-8-4-5-9-18)10-17-15(19)14-12(3)6-7-16-14/h11-14,16H,4-10H2,1-3H3,(H,17,19). The molecular formula is C15H29N3O. The van der Waals surface area contributed by atoms with E-state index < -0.39 is 0 Å². The number of nitrogens with zero attached hydrogens (tertiary/aromatic N) is 1. The molecular weight excluding hydrogens is 238 g/mol. The molecule has 2 aliphatic rings. The minimum absolute atomic E-state index is 0.0198. The monoisotopic (exact) mass is 267 g/mol. The van der Waals surface area contributed by atoms with Crippen LogP contribution in [0.15, 0.2) is 0 Å². The average molecular weight is 267 g/mol. The van der Waals surface area contributed by atoms with Crippen LogP contribution >= 0.6 is 0 Å². The van der Waals surface area contributed by atoms with Crippen LogP contribution in [0.3, 0.4) is 0 Å². The van der Waals surface area contributed by atoms with Crippen LogP contribution in [0.1, 0.15) is 40.0 Å². The topological polar surface area (TPSA) is 44.4 Å². The van der Waals surface area contributed by atoms with Gasteiger partial charge < -0.3 is 10.6 Å². The summed E-state index contributed by atoms with van der Waals surface area (Å²) in [7, 11) is 0. The summed E-state index contributed by atoms with van der Waals surface area (Å²) in [5, 5.41) is 6.47. The Morgan fingerprint density at radius 1 is 1.37 bits per heavy atom. The maximum atomic E-state index is 12.2. The van der Waals surface area contributed by atoms with Crippen LogP contribution < -0.4 is 10.6 Å². The van der Waals surface area contributed by atoms with E-state index in [2.05, 4.69) is 36.3 Å². The molecule has 2 heterocycles. The first-order valence-corrected chi connectivity index (χ1v) is 7.84. The summed E-state index contributed by atoms with van der Waals surface area (Å²) in [4.78, 5) is 14.7. The van der Waals surface area contributed by atoms with Crippen molar-refractivity contribution in [2.45, 2.75) is 52.1 Å². The molecule has 2 rings (SSSR count). The fraction of sp³-hybridized carbons (Fsp3) is 0.933. The molecule has 3 atom stereocenters. The van der Waals surface area contributed by atoms with Crippen LogP contribution in [-0.2, 0) is 4.79 Å². The fourth-order valence-corrected chi connectivity index (χ4v) is 3.36. The average Bonchev–Trinajstić information content (AvgIpc) is 3.00. The Hall–Kier alpha value is -0.610. The Bertz CT molecular complexity index is 300. The van der Waals surface area contributed by atoms with Crippen molar-refractivity contribution in [3.8, 4) is 0 Å². The zero-order chi connectivity index (χ0) is 13.8. The van der Waals surface area contributed by atoms with Crippen LogP contribution in [-0.4, -0.2) is 49.1 Å². The van der Waals surface area contributed by atoms with Crippen molar-refractivity contribution >= 4 is 5.91 Å². The largest absolute Gasteiger partial charge is 0.353 e. The highest BCUT2D eigenvalue weighted by Gasteiger charge is 2.30. The molecule has 0 aromatic heterocycles. The van der Waals surface area contributed by atoms with Gasteiger partial charge in [0.25, 0.3) is 0 Å². The lowest BCUT2D eigenvalue weighted by Gasteiger charge is -2.31. The Balaban J connectivity index is 1.82. The molecule has 110 valence electrons. The number of likely N-dealkylation sites (tertiary alicyclic amines) is 1. The lowest BCUT2D eigenvalue weighted by Crippen LogP contribution is -2.50. The molecule has 0 aliphatic carbocycles. The van der Waals surface area contributed by atoms with Crippen LogP contribution in [0, 0.1) is 11.8 Å². The van der Waals surface area contributed by atoms with Crippen molar-refractivity contribution in [3.05, 3.63) is 0 Å². The van der Waals surface area contributed by atoms with E-state index in [4.69, 9.17) is 0 Å². The van der Waals surface area contributed by atoms with Gasteiger partial charge in [-0.3, -0.25) is 9.69 Å². The molecule has 0 spiro atoms. The molecule has 0 bridgehead atoms. The van der Waals surface area contributed by atoms with Crippen LogP contribution in [0.25, 0.3) is 0 Å². The van der Waals surface area contributed by atoms with E-state index in [1.807, 2.05) is 0 Å². The molecule has 1 amide bonds. The van der Waals surface area contributed by atoms with Crippen molar-refractivity contribution in [3.63, 3.8) is 0 Å². The van der Waals surface area contributed by atoms with Crippen LogP contribution in [0.2, 0.25) is 0 Å². The van der Waals surface area contributed by atoms with Gasteiger partial charge in [-0.25, -0.2) is 0 Å². The molecule has 4 nitrogen and oxygen atoms in total. The van der Waals surface area contributed by atoms with E-state index in [0.29, 0.717) is 17.9 Å². The first kappa shape index (κ1) is 14.8. The van der Waals surface area contributed by atoms with Gasteiger partial charge in [0.2, 0.25) is 5.91 Å². The Morgan fingerprint density at radius 2 is 2.05 bits per heavy atom. The molecule has 0 aromatic carbocycles. The van der Waals surface area contributed by atoms with Crippen molar-refractivity contribution in [1.82, 2.24) is 15.5 Å². The van der Waals surface area contributed by atoms with E-state index in [1.165, 1.54) is 25.9 Å². The van der Waals surface area contributed by atoms with Gasteiger partial charge in [-0.15, -0.1) is 0 Å². The van der Waals surface area contributed by atoms with E-state index in [1.54, 1.807) is 0 Å². The van der Waals surface area contributed by atoms with E-state index in [-0.39, 0.29) is 11.9 Å². The Labute approximate surface area is 117 Å². The molecule has 0 aromatic rings. The summed E-state index contributed by atoms with van der Waals surface area (Å²) in [5.41, 5.74) is 0. The second kappa shape index (κ2) is 6.71. The SMILES string of the molecule is CC(C)C(CNC(=O)C1NCCC1C)N1CCCC1. The van der Waals surface area contributed by atoms with Gasteiger partial charge >= 0.3 is 0 Å². The molecule has 0 saturated carbocycles. The Kier molecular flexibility index (Phi) is 5.22. The van der Waals surface area contributed by atoms with E-state index >= 15 is 0 Å². The van der Waals surface area contributed by atoms with Gasteiger partial charge in [0.15, 0.2) is 0 Å². The second-order valence-corrected chi connectivity index (χ2v) is 6.50. The maximum Gasteiger partial charge on any atom is 0.237 e. The van der Waals surface area contributed by atoms with Crippen molar-refractivity contribution < 1.29 is 4.79 Å². The first-order chi connectivity index (χ1) is 9.09. The fourth-order valence-electron chi connectivity index (χ4n) is 3.36. The highest BCUT2D eigenvalue weighted by Crippen LogP contribution is 2.18. The minimum atomic E-state index is 0.0198. The molecule has 2 N–H and O–H groups in total. The molecule has 4 heteroatoms. The van der Waals surface area contributed by atoms with Gasteiger partial charge in [-0.1, -0.05) is 20.8 Å². The molecule has 19 heavy (non-hydrogen) atoms. The van der Waals surface area contributed by atoms with Crippen molar-refractivity contribution in [2.75, 3.05) is 26.2 Å². The summed E-state index contributed by atoms with van der Waals surface area (Å²) in [6.45, 7) is 10.8. The maximum absolute atomic E-state index is 12.2. The number of nitrogens with one attached hydrogen (secondary N) is 2. The van der Waals surface area contributed by atoms with Crippen LogP contribution in [0.5, 0.6) is 0 Å². The lowest BCUT2D eigenvalue weighted by atomic mass is 10.0. The third-order valence-electron chi connectivity index (χ3n) is 4.68. The first-order valence-electron chi connectivity index (χ1n) is 7.84. The number of rotatable bonds is 5. The number of carbonyl (C=O) groups excluding carboxylic acids is 1. The number of hydrogen-bond acceptors (Lipinski definition) is 3. The van der Waals surface area contributed by atoms with Gasteiger partial charge in [0, 0.05) is 12.6 Å². The zero-order valence-corrected chi connectivity index (χ0v) is 12.6. The third-order valence-corrected chi connectivity index (χ3v) is 4.68. The molecule has 2 saturated heterocycles. The predicted octanol–water partition coefficient (Wildman–Crippen LogP) is 1.22. The summed E-state index contributed by atoms with van der Waals surface area (Å²) >= 11 is 0. The highest BCUT2D eigenvalue weighted by molar-refractivity contribution is 5.82. The van der Waals surface area contributed by atoms with Gasteiger partial charge in [0.1, 0.15) is 0 Å². The zero-order valence-electron chi connectivity index (χ0n) is 12.6. The number of amides is 1. The summed E-state index contributed by atoms with van der Waals surface area (Å²) in [5.74, 6) is 1.24. The minimum Gasteiger partial charge on any atom is -0.353 e.